The van der Waals surface area contributed by atoms with E-state index < -0.39 is 27.6 Å². The molecule has 0 amide bonds. The molecule has 0 aliphatic rings. The number of fused-ring (bicyclic) bond motifs is 1. The van der Waals surface area contributed by atoms with Gasteiger partial charge in [0.15, 0.2) is 6.10 Å². The molecule has 1 aromatic heterocycles. The van der Waals surface area contributed by atoms with Crippen molar-refractivity contribution in [1.29, 1.82) is 0 Å². The molecular weight excluding hydrogens is 409 g/mol. The number of ether oxygens (including phenoxy) is 1. The molecule has 30 heavy (non-hydrogen) atoms. The van der Waals surface area contributed by atoms with Crippen molar-refractivity contribution < 1.29 is 23.2 Å². The average molecular weight is 431 g/mol. The van der Waals surface area contributed by atoms with Crippen molar-refractivity contribution in [2.75, 3.05) is 12.5 Å². The molecule has 3 aromatic rings. The fourth-order valence-electron chi connectivity index (χ4n) is 3.10. The highest BCUT2D eigenvalue weighted by molar-refractivity contribution is 7.92. The lowest BCUT2D eigenvalue weighted by molar-refractivity contribution is -0.144. The quantitative estimate of drug-likeness (QED) is 0.636. The largest absolute Gasteiger partial charge is 0.479 e. The third kappa shape index (κ3) is 5.10. The van der Waals surface area contributed by atoms with Crippen LogP contribution in [0.4, 0.5) is 10.1 Å². The van der Waals surface area contributed by atoms with E-state index in [1.165, 1.54) is 25.4 Å². The van der Waals surface area contributed by atoms with E-state index in [9.17, 15) is 13.4 Å². The van der Waals surface area contributed by atoms with Crippen LogP contribution in [0.1, 0.15) is 23.7 Å². The Morgan fingerprint density at radius 2 is 2.00 bits per heavy atom. The second kappa shape index (κ2) is 8.35. The molecule has 1 atom stereocenters. The van der Waals surface area contributed by atoms with E-state index in [-0.39, 0.29) is 12.2 Å². The maximum absolute atomic E-state index is 13.7. The van der Waals surface area contributed by atoms with Crippen LogP contribution in [0.5, 0.6) is 5.75 Å². The third-order valence-corrected chi connectivity index (χ3v) is 5.01. The van der Waals surface area contributed by atoms with Gasteiger partial charge >= 0.3 is 5.97 Å². The van der Waals surface area contributed by atoms with Crippen LogP contribution in [-0.2, 0) is 20.9 Å². The van der Waals surface area contributed by atoms with Crippen molar-refractivity contribution in [3.63, 3.8) is 0 Å². The minimum absolute atomic E-state index is 0.151. The Kier molecular flexibility index (Phi) is 6.02. The van der Waals surface area contributed by atoms with Gasteiger partial charge in [-0.25, -0.2) is 23.4 Å². The highest BCUT2D eigenvalue weighted by Crippen LogP contribution is 2.30. The van der Waals surface area contributed by atoms with E-state index in [0.29, 0.717) is 22.5 Å². The minimum Gasteiger partial charge on any atom is -0.479 e. The fourth-order valence-corrected chi connectivity index (χ4v) is 3.71. The van der Waals surface area contributed by atoms with Crippen LogP contribution < -0.4 is 4.74 Å². The van der Waals surface area contributed by atoms with Crippen molar-refractivity contribution in [3.05, 3.63) is 59.3 Å². The molecule has 0 aliphatic heterocycles. The van der Waals surface area contributed by atoms with E-state index in [1.807, 2.05) is 13.0 Å². The maximum atomic E-state index is 13.7. The second-order valence-electron chi connectivity index (χ2n) is 7.28. The number of aromatic nitrogens is 2. The van der Waals surface area contributed by atoms with Gasteiger partial charge in [-0.2, -0.15) is 4.36 Å². The van der Waals surface area contributed by atoms with Crippen LogP contribution >= 0.6 is 0 Å². The number of benzene rings is 2. The summed E-state index contributed by atoms with van der Waals surface area (Å²) < 4.78 is 35.5. The van der Waals surface area contributed by atoms with Gasteiger partial charge in [-0.15, -0.1) is 0 Å². The summed E-state index contributed by atoms with van der Waals surface area (Å²) in [6.07, 6.45) is 3.70. The number of aliphatic carboxylic acids is 1. The fraction of sp³-hybridized carbons (Fsp3) is 0.286. The van der Waals surface area contributed by atoms with Crippen molar-refractivity contribution in [1.82, 2.24) is 9.97 Å². The molecule has 0 bridgehead atoms. The Morgan fingerprint density at radius 3 is 2.67 bits per heavy atom. The molecule has 1 N–H and O–H groups in total. The molecule has 0 fully saturated rings. The number of carbonyl (C=O) groups is 1. The lowest BCUT2D eigenvalue weighted by Crippen LogP contribution is -2.23. The van der Waals surface area contributed by atoms with E-state index in [0.717, 1.165) is 10.9 Å². The summed E-state index contributed by atoms with van der Waals surface area (Å²) in [6.45, 7) is 3.27. The highest BCUT2D eigenvalue weighted by Gasteiger charge is 2.17. The standard InChI is InChI=1S/C21H22FN3O4S/c1-12-7-16(25-30(3,4)28)10-18-20(12)17(23-11-24-18)8-14-5-6-15(22)9-19(14)29-13(2)21(26)27/h5-7,9-11,13H,8H2,1-4H3,(H,26,27)/t13-/m1/s1. The molecule has 0 saturated carbocycles. The topological polar surface area (TPSA) is 102 Å². The first-order valence-corrected chi connectivity index (χ1v) is 11.5. The van der Waals surface area contributed by atoms with Gasteiger partial charge in [0.25, 0.3) is 0 Å². The Morgan fingerprint density at radius 1 is 1.27 bits per heavy atom. The number of hydrogen-bond donors (Lipinski definition) is 1. The van der Waals surface area contributed by atoms with Crippen LogP contribution in [0, 0.1) is 12.7 Å². The minimum atomic E-state index is -2.32. The Bertz CT molecular complexity index is 1240. The van der Waals surface area contributed by atoms with Gasteiger partial charge < -0.3 is 9.84 Å². The van der Waals surface area contributed by atoms with Crippen molar-refractivity contribution in [2.45, 2.75) is 26.4 Å². The lowest BCUT2D eigenvalue weighted by atomic mass is 10.0. The predicted octanol–water partition coefficient (Wildman–Crippen LogP) is 3.88. The summed E-state index contributed by atoms with van der Waals surface area (Å²) in [5, 5.41) is 9.91. The number of nitrogens with zero attached hydrogens (tertiary/aromatic N) is 3. The summed E-state index contributed by atoms with van der Waals surface area (Å²) in [5.41, 5.74) is 3.35. The van der Waals surface area contributed by atoms with E-state index in [1.54, 1.807) is 24.6 Å². The number of aryl methyl sites for hydroxylation is 1. The normalized spacial score (nSPS) is 12.6. The highest BCUT2D eigenvalue weighted by atomic mass is 32.2. The van der Waals surface area contributed by atoms with Crippen LogP contribution in [0.3, 0.4) is 0 Å². The van der Waals surface area contributed by atoms with Crippen molar-refractivity contribution >= 4 is 32.3 Å². The average Bonchev–Trinajstić information content (AvgIpc) is 2.62. The van der Waals surface area contributed by atoms with Crippen LogP contribution in [-0.4, -0.2) is 43.9 Å². The molecule has 0 radical (unpaired) electrons. The molecule has 1 heterocycles. The first-order chi connectivity index (χ1) is 14.0. The summed E-state index contributed by atoms with van der Waals surface area (Å²) in [7, 11) is -2.32. The Hall–Kier alpha value is -3.07. The molecule has 0 saturated heterocycles. The van der Waals surface area contributed by atoms with Gasteiger partial charge in [-0.1, -0.05) is 6.07 Å². The molecule has 158 valence electrons. The number of carboxylic acids is 1. The van der Waals surface area contributed by atoms with Gasteiger partial charge in [-0.3, -0.25) is 0 Å². The smallest absolute Gasteiger partial charge is 0.344 e. The Labute approximate surface area is 174 Å². The number of halogens is 1. The molecule has 2 aromatic carbocycles. The molecule has 0 spiro atoms. The van der Waals surface area contributed by atoms with Crippen LogP contribution in [0.25, 0.3) is 10.9 Å². The van der Waals surface area contributed by atoms with Crippen molar-refractivity contribution in [3.8, 4) is 5.75 Å². The van der Waals surface area contributed by atoms with Gasteiger partial charge in [0.1, 0.15) is 17.9 Å². The molecule has 0 unspecified atom stereocenters. The van der Waals surface area contributed by atoms with E-state index in [2.05, 4.69) is 14.3 Å². The first-order valence-electron chi connectivity index (χ1n) is 9.13. The second-order valence-corrected chi connectivity index (χ2v) is 9.82. The van der Waals surface area contributed by atoms with Crippen LogP contribution in [0.2, 0.25) is 0 Å². The SMILES string of the molecule is Cc1cc(N=S(C)(C)=O)cc2ncnc(Cc3ccc(F)cc3O[C@H](C)C(=O)O)c12. The van der Waals surface area contributed by atoms with Gasteiger partial charge in [0.2, 0.25) is 0 Å². The zero-order valence-corrected chi connectivity index (χ0v) is 17.9. The van der Waals surface area contributed by atoms with E-state index in [4.69, 9.17) is 9.84 Å². The third-order valence-electron chi connectivity index (χ3n) is 4.36. The van der Waals surface area contributed by atoms with Gasteiger partial charge in [0, 0.05) is 45.7 Å². The number of rotatable bonds is 6. The first kappa shape index (κ1) is 21.6. The Balaban J connectivity index is 2.07. The number of carboxylic acid groups (broad SMARTS) is 1. The molecule has 9 heteroatoms. The monoisotopic (exact) mass is 431 g/mol. The van der Waals surface area contributed by atoms with Gasteiger partial charge in [0.05, 0.1) is 16.9 Å². The molecule has 7 nitrogen and oxygen atoms in total. The van der Waals surface area contributed by atoms with E-state index >= 15 is 0 Å². The molecule has 0 aliphatic carbocycles. The lowest BCUT2D eigenvalue weighted by Gasteiger charge is -2.15. The van der Waals surface area contributed by atoms with Crippen LogP contribution in [0.15, 0.2) is 41.0 Å². The zero-order valence-electron chi connectivity index (χ0n) is 17.0. The summed E-state index contributed by atoms with van der Waals surface area (Å²) in [4.78, 5) is 19.8. The summed E-state index contributed by atoms with van der Waals surface area (Å²) in [6, 6.07) is 7.57. The van der Waals surface area contributed by atoms with Crippen molar-refractivity contribution in [2.24, 2.45) is 4.36 Å². The molecule has 3 rings (SSSR count). The predicted molar refractivity (Wildman–Crippen MR) is 113 cm³/mol. The number of hydrogen-bond acceptors (Lipinski definition) is 6. The summed E-state index contributed by atoms with van der Waals surface area (Å²) in [5.74, 6) is -1.52. The zero-order chi connectivity index (χ0) is 22.1. The summed E-state index contributed by atoms with van der Waals surface area (Å²) >= 11 is 0. The maximum Gasteiger partial charge on any atom is 0.344 e. The van der Waals surface area contributed by atoms with Gasteiger partial charge in [-0.05, 0) is 37.6 Å². The molecular formula is C21H22FN3O4S.